The van der Waals surface area contributed by atoms with Crippen molar-refractivity contribution < 1.29 is 9.53 Å². The number of ether oxygens (including phenoxy) is 1. The molecule has 0 aliphatic rings. The molecule has 0 spiro atoms. The molecule has 1 heterocycles. The molecule has 5 heteroatoms. The number of anilines is 1. The van der Waals surface area contributed by atoms with Crippen molar-refractivity contribution >= 4 is 22.6 Å². The number of amides is 1. The fourth-order valence-electron chi connectivity index (χ4n) is 2.14. The third-order valence-electron chi connectivity index (χ3n) is 3.26. The summed E-state index contributed by atoms with van der Waals surface area (Å²) in [4.78, 5) is 12.3. The first kappa shape index (κ1) is 13.2. The molecular formula is C16H15N3O2. The van der Waals surface area contributed by atoms with Crippen molar-refractivity contribution in [2.75, 3.05) is 12.4 Å². The van der Waals surface area contributed by atoms with Gasteiger partial charge >= 0.3 is 6.03 Å². The fourth-order valence-corrected chi connectivity index (χ4v) is 2.14. The molecule has 106 valence electrons. The Morgan fingerprint density at radius 1 is 1.19 bits per heavy atom. The summed E-state index contributed by atoms with van der Waals surface area (Å²) in [7, 11) is 1.60. The molecule has 0 bridgehead atoms. The minimum atomic E-state index is -0.291. The second-order valence-electron chi connectivity index (χ2n) is 4.78. The van der Waals surface area contributed by atoms with Gasteiger partial charge in [-0.1, -0.05) is 12.1 Å². The van der Waals surface area contributed by atoms with Crippen molar-refractivity contribution in [3.63, 3.8) is 0 Å². The predicted molar refractivity (Wildman–Crippen MR) is 81.9 cm³/mol. The summed E-state index contributed by atoms with van der Waals surface area (Å²) >= 11 is 0. The van der Waals surface area contributed by atoms with Crippen molar-refractivity contribution in [2.24, 2.45) is 0 Å². The van der Waals surface area contributed by atoms with Gasteiger partial charge in [0.15, 0.2) is 0 Å². The zero-order valence-corrected chi connectivity index (χ0v) is 11.8. The van der Waals surface area contributed by atoms with E-state index in [1.54, 1.807) is 37.6 Å². The second kappa shape index (κ2) is 5.28. The summed E-state index contributed by atoms with van der Waals surface area (Å²) in [5.74, 6) is 0.744. The SMILES string of the molecule is COc1ccc(NC(=O)n2ncc3ccc(C)cc32)cc1. The lowest BCUT2D eigenvalue weighted by molar-refractivity contribution is 0.252. The van der Waals surface area contributed by atoms with Crippen LogP contribution in [-0.4, -0.2) is 22.9 Å². The number of aromatic nitrogens is 2. The lowest BCUT2D eigenvalue weighted by Crippen LogP contribution is -2.20. The Kier molecular flexibility index (Phi) is 3.31. The number of aryl methyl sites for hydroxylation is 1. The van der Waals surface area contributed by atoms with E-state index >= 15 is 0 Å². The predicted octanol–water partition coefficient (Wildman–Crippen LogP) is 3.43. The maximum atomic E-state index is 12.3. The summed E-state index contributed by atoms with van der Waals surface area (Å²) in [5, 5.41) is 7.90. The summed E-state index contributed by atoms with van der Waals surface area (Å²) < 4.78 is 6.45. The lowest BCUT2D eigenvalue weighted by Gasteiger charge is -2.07. The molecule has 0 fully saturated rings. The van der Waals surface area contributed by atoms with Crippen molar-refractivity contribution in [1.82, 2.24) is 9.78 Å². The van der Waals surface area contributed by atoms with Gasteiger partial charge in [0.1, 0.15) is 5.75 Å². The minimum Gasteiger partial charge on any atom is -0.497 e. The van der Waals surface area contributed by atoms with Gasteiger partial charge in [-0.3, -0.25) is 0 Å². The zero-order valence-electron chi connectivity index (χ0n) is 11.8. The number of rotatable bonds is 2. The van der Waals surface area contributed by atoms with Gasteiger partial charge in [-0.15, -0.1) is 0 Å². The van der Waals surface area contributed by atoms with Crippen LogP contribution in [0.5, 0.6) is 5.75 Å². The molecule has 0 saturated carbocycles. The Morgan fingerprint density at radius 2 is 1.95 bits per heavy atom. The van der Waals surface area contributed by atoms with Crippen molar-refractivity contribution in [1.29, 1.82) is 0 Å². The molecule has 3 rings (SSSR count). The van der Waals surface area contributed by atoms with Gasteiger partial charge in [-0.25, -0.2) is 4.79 Å². The zero-order chi connectivity index (χ0) is 14.8. The van der Waals surface area contributed by atoms with Crippen molar-refractivity contribution in [2.45, 2.75) is 6.92 Å². The van der Waals surface area contributed by atoms with Gasteiger partial charge in [0, 0.05) is 11.1 Å². The van der Waals surface area contributed by atoms with E-state index in [-0.39, 0.29) is 6.03 Å². The van der Waals surface area contributed by atoms with Crippen LogP contribution in [0.3, 0.4) is 0 Å². The molecule has 5 nitrogen and oxygen atoms in total. The molecule has 0 unspecified atom stereocenters. The number of fused-ring (bicyclic) bond motifs is 1. The number of nitrogens with one attached hydrogen (secondary N) is 1. The van der Waals surface area contributed by atoms with E-state index in [4.69, 9.17) is 4.74 Å². The first-order valence-electron chi connectivity index (χ1n) is 6.57. The van der Waals surface area contributed by atoms with Crippen LogP contribution in [-0.2, 0) is 0 Å². The molecule has 3 aromatic rings. The fraction of sp³-hybridized carbons (Fsp3) is 0.125. The Morgan fingerprint density at radius 3 is 2.67 bits per heavy atom. The van der Waals surface area contributed by atoms with Crippen molar-refractivity contribution in [3.8, 4) is 5.75 Å². The Balaban J connectivity index is 1.87. The summed E-state index contributed by atoms with van der Waals surface area (Å²) in [6.07, 6.45) is 1.68. The molecule has 0 radical (unpaired) electrons. The normalized spacial score (nSPS) is 10.6. The van der Waals surface area contributed by atoms with E-state index in [1.807, 2.05) is 25.1 Å². The molecule has 1 amide bonds. The van der Waals surface area contributed by atoms with Gasteiger partial charge < -0.3 is 10.1 Å². The molecule has 1 aromatic heterocycles. The van der Waals surface area contributed by atoms with E-state index < -0.39 is 0 Å². The summed E-state index contributed by atoms with van der Waals surface area (Å²) in [6.45, 7) is 1.98. The number of hydrogen-bond acceptors (Lipinski definition) is 3. The summed E-state index contributed by atoms with van der Waals surface area (Å²) in [5.41, 5.74) is 2.57. The first-order chi connectivity index (χ1) is 10.2. The highest BCUT2D eigenvalue weighted by Crippen LogP contribution is 2.18. The average molecular weight is 281 g/mol. The summed E-state index contributed by atoms with van der Waals surface area (Å²) in [6, 6.07) is 12.8. The number of carbonyl (C=O) groups excluding carboxylic acids is 1. The van der Waals surface area contributed by atoms with Crippen LogP contribution >= 0.6 is 0 Å². The quantitative estimate of drug-likeness (QED) is 0.783. The smallest absolute Gasteiger partial charge is 0.347 e. The molecular weight excluding hydrogens is 266 g/mol. The van der Waals surface area contributed by atoms with Crippen LogP contribution in [0, 0.1) is 6.92 Å². The van der Waals surface area contributed by atoms with E-state index in [0.29, 0.717) is 5.69 Å². The molecule has 21 heavy (non-hydrogen) atoms. The maximum absolute atomic E-state index is 12.3. The minimum absolute atomic E-state index is 0.291. The Labute approximate surface area is 122 Å². The topological polar surface area (TPSA) is 56.1 Å². The standard InChI is InChI=1S/C16H15N3O2/c1-11-3-4-12-10-17-19(15(12)9-11)16(20)18-13-5-7-14(21-2)8-6-13/h3-10H,1-2H3,(H,18,20). The molecule has 0 saturated heterocycles. The largest absolute Gasteiger partial charge is 0.497 e. The third kappa shape index (κ3) is 2.58. The van der Waals surface area contributed by atoms with Crippen molar-refractivity contribution in [3.05, 3.63) is 54.2 Å². The second-order valence-corrected chi connectivity index (χ2v) is 4.78. The highest BCUT2D eigenvalue weighted by atomic mass is 16.5. The lowest BCUT2D eigenvalue weighted by atomic mass is 10.2. The molecule has 2 aromatic carbocycles. The van der Waals surface area contributed by atoms with Crippen LogP contribution in [0.25, 0.3) is 10.9 Å². The number of nitrogens with zero attached hydrogens (tertiary/aromatic N) is 2. The van der Waals surface area contributed by atoms with Gasteiger partial charge in [0.2, 0.25) is 0 Å². The first-order valence-corrected chi connectivity index (χ1v) is 6.57. The van der Waals surface area contributed by atoms with Crippen LogP contribution in [0.1, 0.15) is 5.56 Å². The van der Waals surface area contributed by atoms with Crippen LogP contribution < -0.4 is 10.1 Å². The average Bonchev–Trinajstić information content (AvgIpc) is 2.91. The van der Waals surface area contributed by atoms with Gasteiger partial charge in [-0.05, 0) is 42.8 Å². The van der Waals surface area contributed by atoms with E-state index in [1.165, 1.54) is 4.68 Å². The van der Waals surface area contributed by atoms with Gasteiger partial charge in [-0.2, -0.15) is 9.78 Å². The van der Waals surface area contributed by atoms with Crippen LogP contribution in [0.15, 0.2) is 48.7 Å². The third-order valence-corrected chi connectivity index (χ3v) is 3.26. The number of benzene rings is 2. The maximum Gasteiger partial charge on any atom is 0.347 e. The number of carbonyl (C=O) groups is 1. The highest BCUT2D eigenvalue weighted by Gasteiger charge is 2.10. The number of methoxy groups -OCH3 is 1. The van der Waals surface area contributed by atoms with Gasteiger partial charge in [0.25, 0.3) is 0 Å². The molecule has 1 N–H and O–H groups in total. The highest BCUT2D eigenvalue weighted by molar-refractivity contribution is 5.97. The van der Waals surface area contributed by atoms with Gasteiger partial charge in [0.05, 0.1) is 18.8 Å². The monoisotopic (exact) mass is 281 g/mol. The Hall–Kier alpha value is -2.82. The number of hydrogen-bond donors (Lipinski definition) is 1. The Bertz CT molecular complexity index is 791. The van der Waals surface area contributed by atoms with Crippen LogP contribution in [0.4, 0.5) is 10.5 Å². The van der Waals surface area contributed by atoms with E-state index in [2.05, 4.69) is 10.4 Å². The molecule has 0 aliphatic heterocycles. The van der Waals surface area contributed by atoms with Crippen LogP contribution in [0.2, 0.25) is 0 Å². The van der Waals surface area contributed by atoms with E-state index in [0.717, 1.165) is 22.2 Å². The molecule has 0 aliphatic carbocycles. The van der Waals surface area contributed by atoms with E-state index in [9.17, 15) is 4.79 Å². The molecule has 0 atom stereocenters.